The second-order valence-corrected chi connectivity index (χ2v) is 9.02. The lowest BCUT2D eigenvalue weighted by Crippen LogP contribution is -2.59. The molecular weight excluding hydrogens is 370 g/mol. The Morgan fingerprint density at radius 3 is 2.59 bits per heavy atom. The predicted octanol–water partition coefficient (Wildman–Crippen LogP) is 2.01. The van der Waals surface area contributed by atoms with Gasteiger partial charge in [0.2, 0.25) is 11.8 Å². The molecule has 7 nitrogen and oxygen atoms in total. The van der Waals surface area contributed by atoms with Crippen LogP contribution in [0.1, 0.15) is 43.6 Å². The molecule has 2 amide bonds. The Hall–Kier alpha value is -2.12. The number of amides is 2. The number of rotatable bonds is 4. The van der Waals surface area contributed by atoms with Crippen LogP contribution in [-0.2, 0) is 9.59 Å². The first kappa shape index (κ1) is 20.2. The summed E-state index contributed by atoms with van der Waals surface area (Å²) in [6, 6.07) is 7.65. The number of nitrogens with one attached hydrogen (secondary N) is 1. The molecule has 2 unspecified atom stereocenters. The van der Waals surface area contributed by atoms with Crippen LogP contribution in [0.25, 0.3) is 0 Å². The molecule has 2 atom stereocenters. The van der Waals surface area contributed by atoms with Gasteiger partial charge in [0.15, 0.2) is 0 Å². The van der Waals surface area contributed by atoms with Crippen LogP contribution < -0.4 is 10.2 Å². The van der Waals surface area contributed by atoms with Crippen LogP contribution in [0.15, 0.2) is 24.3 Å². The van der Waals surface area contributed by atoms with Crippen LogP contribution in [0, 0.1) is 11.3 Å². The van der Waals surface area contributed by atoms with Crippen LogP contribution in [0.5, 0.6) is 5.75 Å². The zero-order valence-electron chi connectivity index (χ0n) is 17.3. The standard InChI is InChI=1S/C22H31N3O4/c1-24-14-22(8-9-22)13-18(20(26)23-28)19(24)21(27)25-10-6-15(7-11-25)16-4-3-5-17(12-16)29-2/h3-5,12,15,18-19,28H,6-11,13-14H2,1-2H3,(H,23,26). The largest absolute Gasteiger partial charge is 0.497 e. The molecule has 2 N–H and O–H groups in total. The molecule has 2 heterocycles. The van der Waals surface area contributed by atoms with Gasteiger partial charge in [-0.2, -0.15) is 0 Å². The normalized spacial score (nSPS) is 26.9. The molecule has 158 valence electrons. The number of ether oxygens (including phenoxy) is 1. The number of likely N-dealkylation sites (tertiary alicyclic amines) is 2. The van der Waals surface area contributed by atoms with Gasteiger partial charge in [0.1, 0.15) is 11.8 Å². The zero-order chi connectivity index (χ0) is 20.6. The second-order valence-electron chi connectivity index (χ2n) is 9.02. The molecule has 3 aliphatic rings. The van der Waals surface area contributed by atoms with Gasteiger partial charge in [-0.05, 0) is 68.2 Å². The molecule has 2 saturated heterocycles. The maximum atomic E-state index is 13.4. The number of carbonyl (C=O) groups excluding carboxylic acids is 2. The van der Waals surface area contributed by atoms with E-state index < -0.39 is 17.9 Å². The lowest BCUT2D eigenvalue weighted by Gasteiger charge is -2.44. The van der Waals surface area contributed by atoms with Crippen molar-refractivity contribution in [2.45, 2.75) is 44.1 Å². The molecule has 1 saturated carbocycles. The first-order valence-corrected chi connectivity index (χ1v) is 10.5. The Morgan fingerprint density at radius 1 is 1.24 bits per heavy atom. The number of carbonyl (C=O) groups is 2. The van der Waals surface area contributed by atoms with E-state index >= 15 is 0 Å². The van der Waals surface area contributed by atoms with Gasteiger partial charge in [-0.1, -0.05) is 12.1 Å². The Kier molecular flexibility index (Phi) is 5.53. The summed E-state index contributed by atoms with van der Waals surface area (Å²) in [4.78, 5) is 29.7. The van der Waals surface area contributed by atoms with Crippen molar-refractivity contribution in [1.29, 1.82) is 0 Å². The highest BCUT2D eigenvalue weighted by atomic mass is 16.5. The van der Waals surface area contributed by atoms with Crippen LogP contribution in [0.2, 0.25) is 0 Å². The molecule has 0 radical (unpaired) electrons. The van der Waals surface area contributed by atoms with E-state index in [1.807, 2.05) is 29.0 Å². The van der Waals surface area contributed by atoms with Crippen LogP contribution in [0.3, 0.4) is 0 Å². The minimum absolute atomic E-state index is 0.0145. The number of piperidine rings is 2. The van der Waals surface area contributed by atoms with Crippen molar-refractivity contribution in [1.82, 2.24) is 15.3 Å². The van der Waals surface area contributed by atoms with E-state index in [1.54, 1.807) is 12.6 Å². The highest BCUT2D eigenvalue weighted by Crippen LogP contribution is 2.54. The number of hydrogen-bond acceptors (Lipinski definition) is 5. The molecule has 3 fully saturated rings. The monoisotopic (exact) mass is 401 g/mol. The minimum atomic E-state index is -0.498. The van der Waals surface area contributed by atoms with Gasteiger partial charge in [0, 0.05) is 19.6 Å². The Balaban J connectivity index is 1.43. The van der Waals surface area contributed by atoms with E-state index in [0.29, 0.717) is 25.4 Å². The molecular formula is C22H31N3O4. The quantitative estimate of drug-likeness (QED) is 0.596. The summed E-state index contributed by atoms with van der Waals surface area (Å²) >= 11 is 0. The van der Waals surface area contributed by atoms with E-state index in [1.165, 1.54) is 5.56 Å². The Morgan fingerprint density at radius 2 is 1.97 bits per heavy atom. The number of hydroxylamine groups is 1. The lowest BCUT2D eigenvalue weighted by atomic mass is 9.79. The third kappa shape index (κ3) is 3.98. The van der Waals surface area contributed by atoms with Crippen molar-refractivity contribution in [3.05, 3.63) is 29.8 Å². The molecule has 2 aliphatic heterocycles. The Bertz CT molecular complexity index is 771. The predicted molar refractivity (Wildman–Crippen MR) is 108 cm³/mol. The molecule has 1 aliphatic carbocycles. The van der Waals surface area contributed by atoms with Gasteiger partial charge in [0.05, 0.1) is 13.0 Å². The molecule has 29 heavy (non-hydrogen) atoms. The van der Waals surface area contributed by atoms with Crippen LogP contribution >= 0.6 is 0 Å². The number of benzene rings is 1. The van der Waals surface area contributed by atoms with E-state index in [0.717, 1.165) is 38.0 Å². The summed E-state index contributed by atoms with van der Waals surface area (Å²) in [5.74, 6) is 0.346. The zero-order valence-corrected chi connectivity index (χ0v) is 17.3. The summed E-state index contributed by atoms with van der Waals surface area (Å²) in [7, 11) is 3.61. The average Bonchev–Trinajstić information content (AvgIpc) is 3.50. The first-order chi connectivity index (χ1) is 14.0. The highest BCUT2D eigenvalue weighted by molar-refractivity contribution is 5.90. The van der Waals surface area contributed by atoms with E-state index in [2.05, 4.69) is 12.1 Å². The summed E-state index contributed by atoms with van der Waals surface area (Å²) < 4.78 is 5.33. The van der Waals surface area contributed by atoms with Crippen molar-refractivity contribution >= 4 is 11.8 Å². The second kappa shape index (κ2) is 7.95. The van der Waals surface area contributed by atoms with Crippen molar-refractivity contribution in [2.75, 3.05) is 33.8 Å². The number of hydrogen-bond donors (Lipinski definition) is 2. The Labute approximate surface area is 172 Å². The maximum absolute atomic E-state index is 13.4. The summed E-state index contributed by atoms with van der Waals surface area (Å²) in [6.07, 6.45) is 4.67. The fourth-order valence-corrected chi connectivity index (χ4v) is 5.31. The molecule has 7 heteroatoms. The molecule has 0 bridgehead atoms. The minimum Gasteiger partial charge on any atom is -0.497 e. The fraction of sp³-hybridized carbons (Fsp3) is 0.636. The third-order valence-corrected chi connectivity index (χ3v) is 7.12. The van der Waals surface area contributed by atoms with E-state index in [-0.39, 0.29) is 11.3 Å². The lowest BCUT2D eigenvalue weighted by molar-refractivity contribution is -0.151. The smallest absolute Gasteiger partial charge is 0.248 e. The first-order valence-electron chi connectivity index (χ1n) is 10.5. The summed E-state index contributed by atoms with van der Waals surface area (Å²) in [5, 5.41) is 9.22. The van der Waals surface area contributed by atoms with Gasteiger partial charge in [0.25, 0.3) is 0 Å². The van der Waals surface area contributed by atoms with Crippen molar-refractivity contribution in [3.8, 4) is 5.75 Å². The molecule has 1 aromatic rings. The number of likely N-dealkylation sites (N-methyl/N-ethyl adjacent to an activating group) is 1. The molecule has 1 spiro atoms. The number of methoxy groups -OCH3 is 1. The van der Waals surface area contributed by atoms with E-state index in [9.17, 15) is 14.8 Å². The number of nitrogens with zero attached hydrogens (tertiary/aromatic N) is 2. The summed E-state index contributed by atoms with van der Waals surface area (Å²) in [6.45, 7) is 2.21. The third-order valence-electron chi connectivity index (χ3n) is 7.12. The van der Waals surface area contributed by atoms with Gasteiger partial charge >= 0.3 is 0 Å². The SMILES string of the molecule is COc1cccc(C2CCN(C(=O)C3C(C(=O)NO)CC4(CC4)CN3C)CC2)c1. The van der Waals surface area contributed by atoms with Gasteiger partial charge in [-0.3, -0.25) is 19.7 Å². The average molecular weight is 402 g/mol. The fourth-order valence-electron chi connectivity index (χ4n) is 5.31. The topological polar surface area (TPSA) is 82.1 Å². The molecule has 0 aromatic heterocycles. The summed E-state index contributed by atoms with van der Waals surface area (Å²) in [5.41, 5.74) is 3.20. The van der Waals surface area contributed by atoms with Crippen LogP contribution in [0.4, 0.5) is 0 Å². The molecule has 4 rings (SSSR count). The van der Waals surface area contributed by atoms with Crippen molar-refractivity contribution in [3.63, 3.8) is 0 Å². The van der Waals surface area contributed by atoms with Gasteiger partial charge in [-0.25, -0.2) is 5.48 Å². The van der Waals surface area contributed by atoms with Crippen molar-refractivity contribution in [2.24, 2.45) is 11.3 Å². The highest BCUT2D eigenvalue weighted by Gasteiger charge is 2.55. The van der Waals surface area contributed by atoms with Gasteiger partial charge in [-0.15, -0.1) is 0 Å². The van der Waals surface area contributed by atoms with Gasteiger partial charge < -0.3 is 9.64 Å². The van der Waals surface area contributed by atoms with Crippen molar-refractivity contribution < 1.29 is 19.5 Å². The maximum Gasteiger partial charge on any atom is 0.248 e. The molecule has 1 aromatic carbocycles. The van der Waals surface area contributed by atoms with Crippen LogP contribution in [-0.4, -0.2) is 66.7 Å². The van der Waals surface area contributed by atoms with E-state index in [4.69, 9.17) is 4.74 Å².